The maximum atomic E-state index is 12.1. The lowest BCUT2D eigenvalue weighted by molar-refractivity contribution is 0.0977. The minimum Gasteiger partial charge on any atom is -0.298 e. The summed E-state index contributed by atoms with van der Waals surface area (Å²) in [4.78, 5) is 12.1. The highest BCUT2D eigenvalue weighted by Gasteiger charge is 2.12. The zero-order valence-electron chi connectivity index (χ0n) is 12.0. The zero-order valence-corrected chi connectivity index (χ0v) is 14.3. The summed E-state index contributed by atoms with van der Waals surface area (Å²) in [6.07, 6.45) is 0. The van der Waals surface area contributed by atoms with Gasteiger partial charge in [-0.25, -0.2) is 4.68 Å². The third-order valence-corrected chi connectivity index (χ3v) is 3.84. The van der Waals surface area contributed by atoms with Crippen LogP contribution in [0, 0.1) is 6.92 Å². The van der Waals surface area contributed by atoms with Gasteiger partial charge in [0, 0.05) is 10.6 Å². The fourth-order valence-electron chi connectivity index (χ4n) is 1.63. The highest BCUT2D eigenvalue weighted by Crippen LogP contribution is 2.14. The van der Waals surface area contributed by atoms with Gasteiger partial charge in [0.2, 0.25) is 5.16 Å². The van der Waals surface area contributed by atoms with Gasteiger partial charge in [-0.05, 0) is 43.1 Å². The summed E-state index contributed by atoms with van der Waals surface area (Å²) in [7, 11) is 0. The average Bonchev–Trinajstić information content (AvgIpc) is 2.80. The van der Waals surface area contributed by atoms with E-state index in [4.69, 9.17) is 23.8 Å². The molecule has 0 saturated carbocycles. The molecule has 1 aromatic carbocycles. The second-order valence-electron chi connectivity index (χ2n) is 4.20. The van der Waals surface area contributed by atoms with Crippen molar-refractivity contribution in [1.29, 1.82) is 0 Å². The molecule has 1 heterocycles. The Morgan fingerprint density at radius 3 is 2.91 bits per heavy atom. The first-order chi connectivity index (χ1) is 10.5. The minimum absolute atomic E-state index is 0.158. The summed E-state index contributed by atoms with van der Waals surface area (Å²) in [6.45, 7) is 3.80. The minimum atomic E-state index is -0.338. The van der Waals surface area contributed by atoms with E-state index in [1.807, 2.05) is 6.92 Å². The highest BCUT2D eigenvalue weighted by atomic mass is 35.5. The number of carbonyl (C=O) groups is 1. The van der Waals surface area contributed by atoms with Gasteiger partial charge < -0.3 is 0 Å². The van der Waals surface area contributed by atoms with Crippen LogP contribution in [-0.4, -0.2) is 31.6 Å². The predicted octanol–water partition coefficient (Wildman–Crippen LogP) is 2.61. The second-order valence-corrected chi connectivity index (χ2v) is 6.28. The Morgan fingerprint density at radius 2 is 2.23 bits per heavy atom. The molecular formula is C13H14ClN5OS2. The SMILES string of the molecule is CCSc1nnc(C)n1NC(=S)NC(=O)c1cccc(Cl)c1. The molecule has 1 amide bonds. The van der Waals surface area contributed by atoms with Gasteiger partial charge in [0.05, 0.1) is 0 Å². The van der Waals surface area contributed by atoms with Crippen LogP contribution in [0.15, 0.2) is 29.4 Å². The number of aromatic nitrogens is 3. The second kappa shape index (κ2) is 7.57. The first-order valence-electron chi connectivity index (χ1n) is 6.44. The van der Waals surface area contributed by atoms with Crippen LogP contribution in [0.3, 0.4) is 0 Å². The predicted molar refractivity (Wildman–Crippen MR) is 92.0 cm³/mol. The average molecular weight is 356 g/mol. The molecule has 6 nitrogen and oxygen atoms in total. The zero-order chi connectivity index (χ0) is 16.1. The molecule has 0 atom stereocenters. The molecule has 22 heavy (non-hydrogen) atoms. The maximum absolute atomic E-state index is 12.1. The number of hydrogen-bond acceptors (Lipinski definition) is 5. The third kappa shape index (κ3) is 4.19. The van der Waals surface area contributed by atoms with E-state index in [1.165, 1.54) is 11.8 Å². The van der Waals surface area contributed by atoms with Crippen molar-refractivity contribution in [3.05, 3.63) is 40.7 Å². The van der Waals surface area contributed by atoms with E-state index in [0.717, 1.165) is 5.75 Å². The van der Waals surface area contributed by atoms with Crippen LogP contribution in [-0.2, 0) is 0 Å². The van der Waals surface area contributed by atoms with Gasteiger partial charge in [-0.1, -0.05) is 36.4 Å². The number of nitrogens with one attached hydrogen (secondary N) is 2. The summed E-state index contributed by atoms with van der Waals surface area (Å²) in [5.74, 6) is 1.16. The number of halogens is 1. The molecule has 0 spiro atoms. The number of aryl methyl sites for hydroxylation is 1. The molecule has 1 aromatic heterocycles. The molecule has 9 heteroatoms. The van der Waals surface area contributed by atoms with Crippen molar-refractivity contribution < 1.29 is 4.79 Å². The number of hydrogen-bond donors (Lipinski definition) is 2. The summed E-state index contributed by atoms with van der Waals surface area (Å²) < 4.78 is 1.63. The van der Waals surface area contributed by atoms with Crippen LogP contribution in [0.1, 0.15) is 23.1 Å². The molecule has 0 aliphatic carbocycles. The topological polar surface area (TPSA) is 71.8 Å². The molecular weight excluding hydrogens is 342 g/mol. The van der Waals surface area contributed by atoms with E-state index in [1.54, 1.807) is 35.9 Å². The third-order valence-electron chi connectivity index (χ3n) is 2.60. The Labute approximate surface area is 142 Å². The smallest absolute Gasteiger partial charge is 0.257 e. The fraction of sp³-hybridized carbons (Fsp3) is 0.231. The van der Waals surface area contributed by atoms with Crippen LogP contribution >= 0.6 is 35.6 Å². The van der Waals surface area contributed by atoms with Crippen molar-refractivity contribution in [3.8, 4) is 0 Å². The van der Waals surface area contributed by atoms with Crippen molar-refractivity contribution in [2.24, 2.45) is 0 Å². The highest BCUT2D eigenvalue weighted by molar-refractivity contribution is 7.99. The normalized spacial score (nSPS) is 10.3. The van der Waals surface area contributed by atoms with Crippen molar-refractivity contribution in [2.75, 3.05) is 11.2 Å². The number of amides is 1. The molecule has 0 aliphatic heterocycles. The van der Waals surface area contributed by atoms with Crippen LogP contribution in [0.4, 0.5) is 0 Å². The van der Waals surface area contributed by atoms with Crippen LogP contribution in [0.2, 0.25) is 5.02 Å². The first-order valence-corrected chi connectivity index (χ1v) is 8.21. The van der Waals surface area contributed by atoms with Crippen LogP contribution < -0.4 is 10.7 Å². The standard InChI is InChI=1S/C13H14ClN5OS2/c1-3-22-13-17-16-8(2)19(13)18-12(21)15-11(20)9-5-4-6-10(14)7-9/h4-7H,3H2,1-2H3,(H2,15,18,20,21). The number of thiocarbonyl (C=S) groups is 1. The largest absolute Gasteiger partial charge is 0.298 e. The maximum Gasteiger partial charge on any atom is 0.257 e. The summed E-state index contributed by atoms with van der Waals surface area (Å²) in [5.41, 5.74) is 3.33. The first kappa shape index (κ1) is 16.7. The Morgan fingerprint density at radius 1 is 1.45 bits per heavy atom. The summed E-state index contributed by atoms with van der Waals surface area (Å²) in [6, 6.07) is 6.63. The van der Waals surface area contributed by atoms with Gasteiger partial charge in [0.25, 0.3) is 5.91 Å². The fourth-order valence-corrected chi connectivity index (χ4v) is 2.67. The van der Waals surface area contributed by atoms with Crippen LogP contribution in [0.25, 0.3) is 0 Å². The van der Waals surface area contributed by atoms with E-state index < -0.39 is 0 Å². The van der Waals surface area contributed by atoms with Gasteiger partial charge in [0.1, 0.15) is 5.82 Å². The van der Waals surface area contributed by atoms with Gasteiger partial charge in [0.15, 0.2) is 5.11 Å². The number of nitrogens with zero attached hydrogens (tertiary/aromatic N) is 3. The molecule has 2 N–H and O–H groups in total. The van der Waals surface area contributed by atoms with Gasteiger partial charge in [-0.3, -0.25) is 15.5 Å². The number of rotatable bonds is 4. The molecule has 0 fully saturated rings. The lowest BCUT2D eigenvalue weighted by Crippen LogP contribution is -2.38. The Bertz CT molecular complexity index is 703. The van der Waals surface area contributed by atoms with Gasteiger partial charge in [-0.15, -0.1) is 10.2 Å². The molecule has 2 rings (SSSR count). The number of thioether (sulfide) groups is 1. The summed E-state index contributed by atoms with van der Waals surface area (Å²) in [5, 5.41) is 11.9. The van der Waals surface area contributed by atoms with E-state index >= 15 is 0 Å². The molecule has 0 radical (unpaired) electrons. The monoisotopic (exact) mass is 355 g/mol. The lowest BCUT2D eigenvalue weighted by Gasteiger charge is -2.12. The molecule has 0 saturated heterocycles. The van der Waals surface area contributed by atoms with E-state index in [-0.39, 0.29) is 11.0 Å². The molecule has 116 valence electrons. The Kier molecular flexibility index (Phi) is 5.76. The van der Waals surface area contributed by atoms with E-state index in [2.05, 4.69) is 20.9 Å². The Balaban J connectivity index is 2.04. The van der Waals surface area contributed by atoms with Gasteiger partial charge in [-0.2, -0.15) is 0 Å². The summed E-state index contributed by atoms with van der Waals surface area (Å²) >= 11 is 12.5. The molecule has 0 aliphatic rings. The number of carbonyl (C=O) groups excluding carboxylic acids is 1. The van der Waals surface area contributed by atoms with Crippen molar-refractivity contribution in [2.45, 2.75) is 19.0 Å². The molecule has 0 bridgehead atoms. The molecule has 2 aromatic rings. The van der Waals surface area contributed by atoms with Gasteiger partial charge >= 0.3 is 0 Å². The van der Waals surface area contributed by atoms with E-state index in [0.29, 0.717) is 21.6 Å². The van der Waals surface area contributed by atoms with Crippen LogP contribution in [0.5, 0.6) is 0 Å². The number of benzene rings is 1. The quantitative estimate of drug-likeness (QED) is 0.649. The van der Waals surface area contributed by atoms with Crippen molar-refractivity contribution in [1.82, 2.24) is 20.2 Å². The van der Waals surface area contributed by atoms with Crippen molar-refractivity contribution >= 4 is 46.6 Å². The van der Waals surface area contributed by atoms with Crippen molar-refractivity contribution in [3.63, 3.8) is 0 Å². The van der Waals surface area contributed by atoms with E-state index in [9.17, 15) is 4.79 Å². The Hall–Kier alpha value is -1.64. The lowest BCUT2D eigenvalue weighted by atomic mass is 10.2. The molecule has 0 unspecified atom stereocenters.